The molecule has 1 aromatic heterocycles. The molecule has 0 radical (unpaired) electrons. The first-order valence-electron chi connectivity index (χ1n) is 5.31. The molecule has 0 saturated heterocycles. The first-order valence-corrected chi connectivity index (χ1v) is 5.74. The molecule has 1 heterocycles. The van der Waals surface area contributed by atoms with Gasteiger partial charge in [-0.2, -0.15) is 13.2 Å². The van der Waals surface area contributed by atoms with Gasteiger partial charge in [-0.25, -0.2) is 4.98 Å². The molecular weight excluding hydrogens is 253 g/mol. The predicted molar refractivity (Wildman–Crippen MR) is 62.3 cm³/mol. The number of anilines is 1. The summed E-state index contributed by atoms with van der Waals surface area (Å²) in [5.74, 6) is 0.238. The maximum absolute atomic E-state index is 12.4. The molecule has 1 rings (SSSR count). The van der Waals surface area contributed by atoms with Crippen LogP contribution in [0.4, 0.5) is 19.0 Å². The predicted octanol–water partition coefficient (Wildman–Crippen LogP) is 3.92. The van der Waals surface area contributed by atoms with E-state index in [0.717, 1.165) is 31.2 Å². The van der Waals surface area contributed by atoms with Crippen molar-refractivity contribution in [3.05, 3.63) is 23.9 Å². The molecular formula is C11H14ClF3N2. The normalized spacial score (nSPS) is 13.5. The molecule has 17 heavy (non-hydrogen) atoms. The molecule has 1 unspecified atom stereocenters. The molecule has 0 aliphatic heterocycles. The van der Waals surface area contributed by atoms with Crippen LogP contribution in [0.25, 0.3) is 0 Å². The highest BCUT2D eigenvalue weighted by molar-refractivity contribution is 6.20. The second-order valence-corrected chi connectivity index (χ2v) is 4.52. The van der Waals surface area contributed by atoms with Crippen LogP contribution in [0, 0.1) is 0 Å². The fourth-order valence-electron chi connectivity index (χ4n) is 1.30. The summed E-state index contributed by atoms with van der Waals surface area (Å²) >= 11 is 5.75. The number of pyridine rings is 1. The van der Waals surface area contributed by atoms with E-state index in [1.54, 1.807) is 0 Å². The van der Waals surface area contributed by atoms with Crippen molar-refractivity contribution in [1.82, 2.24) is 4.98 Å². The van der Waals surface area contributed by atoms with E-state index in [1.807, 2.05) is 6.92 Å². The highest BCUT2D eigenvalue weighted by atomic mass is 35.5. The highest BCUT2D eigenvalue weighted by Gasteiger charge is 2.30. The number of nitrogens with zero attached hydrogens (tertiary/aromatic N) is 1. The minimum Gasteiger partial charge on any atom is -0.370 e. The van der Waals surface area contributed by atoms with Crippen molar-refractivity contribution in [2.45, 2.75) is 31.3 Å². The van der Waals surface area contributed by atoms with E-state index in [4.69, 9.17) is 11.6 Å². The Labute approximate surface area is 103 Å². The maximum Gasteiger partial charge on any atom is 0.416 e. The van der Waals surface area contributed by atoms with Crippen molar-refractivity contribution in [3.63, 3.8) is 0 Å². The SMILES string of the molecule is CC(Cl)CCCNc1cc(C(F)(F)F)ccn1. The standard InChI is InChI=1S/C11H14ClF3N2/c1-8(12)3-2-5-16-10-7-9(4-6-17-10)11(13,14)15/h4,6-8H,2-3,5H2,1H3,(H,16,17). The topological polar surface area (TPSA) is 24.9 Å². The van der Waals surface area contributed by atoms with Gasteiger partial charge in [-0.15, -0.1) is 11.6 Å². The van der Waals surface area contributed by atoms with Gasteiger partial charge < -0.3 is 5.32 Å². The van der Waals surface area contributed by atoms with Gasteiger partial charge >= 0.3 is 6.18 Å². The zero-order valence-corrected chi connectivity index (χ0v) is 10.1. The second-order valence-electron chi connectivity index (χ2n) is 3.78. The Morgan fingerprint density at radius 2 is 2.18 bits per heavy atom. The summed E-state index contributed by atoms with van der Waals surface area (Å²) in [7, 11) is 0. The summed E-state index contributed by atoms with van der Waals surface area (Å²) in [6.45, 7) is 2.44. The fraction of sp³-hybridized carbons (Fsp3) is 0.545. The molecule has 0 bridgehead atoms. The van der Waals surface area contributed by atoms with Crippen molar-refractivity contribution in [2.75, 3.05) is 11.9 Å². The van der Waals surface area contributed by atoms with Gasteiger partial charge in [0.1, 0.15) is 5.82 Å². The Morgan fingerprint density at radius 1 is 1.47 bits per heavy atom. The third kappa shape index (κ3) is 5.26. The summed E-state index contributed by atoms with van der Waals surface area (Å²) in [5, 5.41) is 2.92. The average molecular weight is 267 g/mol. The van der Waals surface area contributed by atoms with Crippen LogP contribution < -0.4 is 5.32 Å². The first kappa shape index (κ1) is 14.1. The van der Waals surface area contributed by atoms with Gasteiger partial charge in [0.2, 0.25) is 0 Å². The molecule has 1 atom stereocenters. The molecule has 0 aliphatic rings. The highest BCUT2D eigenvalue weighted by Crippen LogP contribution is 2.29. The summed E-state index contributed by atoms with van der Waals surface area (Å²) in [4.78, 5) is 3.83. The summed E-state index contributed by atoms with van der Waals surface area (Å²) < 4.78 is 37.2. The monoisotopic (exact) mass is 266 g/mol. The fourth-order valence-corrected chi connectivity index (χ4v) is 1.46. The number of hydrogen-bond donors (Lipinski definition) is 1. The van der Waals surface area contributed by atoms with Crippen molar-refractivity contribution in [2.24, 2.45) is 0 Å². The van der Waals surface area contributed by atoms with Crippen molar-refractivity contribution in [1.29, 1.82) is 0 Å². The van der Waals surface area contributed by atoms with Crippen molar-refractivity contribution < 1.29 is 13.2 Å². The lowest BCUT2D eigenvalue weighted by atomic mass is 10.2. The van der Waals surface area contributed by atoms with Gasteiger partial charge in [0.25, 0.3) is 0 Å². The third-order valence-electron chi connectivity index (χ3n) is 2.17. The molecule has 1 aromatic rings. The minimum atomic E-state index is -4.33. The molecule has 0 aromatic carbocycles. The number of alkyl halides is 4. The molecule has 0 aliphatic carbocycles. The molecule has 0 amide bonds. The van der Waals surface area contributed by atoms with Crippen LogP contribution in [0.3, 0.4) is 0 Å². The van der Waals surface area contributed by atoms with Gasteiger partial charge in [0.05, 0.1) is 5.56 Å². The first-order chi connectivity index (χ1) is 7.89. The maximum atomic E-state index is 12.4. The minimum absolute atomic E-state index is 0.0752. The number of aromatic nitrogens is 1. The quantitative estimate of drug-likeness (QED) is 0.645. The van der Waals surface area contributed by atoms with E-state index in [0.29, 0.717) is 6.54 Å². The Balaban J connectivity index is 2.49. The Bertz CT molecular complexity index is 353. The van der Waals surface area contributed by atoms with Crippen molar-refractivity contribution in [3.8, 4) is 0 Å². The van der Waals surface area contributed by atoms with Gasteiger partial charge in [0.15, 0.2) is 0 Å². The van der Waals surface area contributed by atoms with Crippen LogP contribution in [0.1, 0.15) is 25.3 Å². The number of halogens is 4. The molecule has 6 heteroatoms. The van der Waals surface area contributed by atoms with Gasteiger partial charge in [-0.3, -0.25) is 0 Å². The summed E-state index contributed by atoms with van der Waals surface area (Å²) in [6.07, 6.45) is -1.57. The van der Waals surface area contributed by atoms with E-state index in [2.05, 4.69) is 10.3 Å². The van der Waals surface area contributed by atoms with Crippen LogP contribution in [-0.4, -0.2) is 16.9 Å². The smallest absolute Gasteiger partial charge is 0.370 e. The van der Waals surface area contributed by atoms with Crippen molar-refractivity contribution >= 4 is 17.4 Å². The number of rotatable bonds is 5. The van der Waals surface area contributed by atoms with E-state index in [9.17, 15) is 13.2 Å². The zero-order chi connectivity index (χ0) is 12.9. The van der Waals surface area contributed by atoms with Gasteiger partial charge in [-0.1, -0.05) is 0 Å². The zero-order valence-electron chi connectivity index (χ0n) is 9.39. The second kappa shape index (κ2) is 6.10. The molecule has 1 N–H and O–H groups in total. The molecule has 0 saturated carbocycles. The summed E-state index contributed by atoms with van der Waals surface area (Å²) in [6, 6.07) is 1.95. The third-order valence-corrected chi connectivity index (χ3v) is 2.39. The molecule has 0 spiro atoms. The Hall–Kier alpha value is -0.970. The molecule has 2 nitrogen and oxygen atoms in total. The Morgan fingerprint density at radius 3 is 2.76 bits per heavy atom. The molecule has 96 valence electrons. The van der Waals surface area contributed by atoms with Crippen LogP contribution >= 0.6 is 11.6 Å². The lowest BCUT2D eigenvalue weighted by Gasteiger charge is -2.09. The largest absolute Gasteiger partial charge is 0.416 e. The van der Waals surface area contributed by atoms with Crippen LogP contribution in [-0.2, 0) is 6.18 Å². The summed E-state index contributed by atoms with van der Waals surface area (Å²) in [5.41, 5.74) is -0.694. The number of hydrogen-bond acceptors (Lipinski definition) is 2. The van der Waals surface area contributed by atoms with E-state index >= 15 is 0 Å². The van der Waals surface area contributed by atoms with E-state index in [1.165, 1.54) is 0 Å². The van der Waals surface area contributed by atoms with E-state index < -0.39 is 11.7 Å². The average Bonchev–Trinajstić information content (AvgIpc) is 2.23. The number of nitrogens with one attached hydrogen (secondary N) is 1. The Kier molecular flexibility index (Phi) is 5.05. The van der Waals surface area contributed by atoms with Gasteiger partial charge in [-0.05, 0) is 31.9 Å². The lowest BCUT2D eigenvalue weighted by Crippen LogP contribution is -2.09. The van der Waals surface area contributed by atoms with Crippen LogP contribution in [0.15, 0.2) is 18.3 Å². The molecule has 0 fully saturated rings. The van der Waals surface area contributed by atoms with Crippen LogP contribution in [0.5, 0.6) is 0 Å². The van der Waals surface area contributed by atoms with Gasteiger partial charge in [0, 0.05) is 18.1 Å². The van der Waals surface area contributed by atoms with Crippen LogP contribution in [0.2, 0.25) is 0 Å². The van der Waals surface area contributed by atoms with E-state index in [-0.39, 0.29) is 11.2 Å². The lowest BCUT2D eigenvalue weighted by molar-refractivity contribution is -0.137.